The van der Waals surface area contributed by atoms with E-state index in [9.17, 15) is 14.9 Å². The Kier molecular flexibility index (Phi) is 7.38. The number of hydrogen-bond acceptors (Lipinski definition) is 7. The molecule has 0 saturated heterocycles. The molecule has 8 nitrogen and oxygen atoms in total. The first-order valence-electron chi connectivity index (χ1n) is 11.5. The van der Waals surface area contributed by atoms with Crippen LogP contribution in [0.2, 0.25) is 0 Å². The molecule has 0 bridgehead atoms. The molecule has 4 aromatic rings. The number of fused-ring (bicyclic) bond motifs is 1. The number of nitriles is 1. The van der Waals surface area contributed by atoms with Gasteiger partial charge in [-0.3, -0.25) is 9.36 Å². The molecule has 0 aliphatic heterocycles. The molecule has 8 heteroatoms. The van der Waals surface area contributed by atoms with Crippen LogP contribution < -0.4 is 16.2 Å². The Hall–Kier alpha value is -4.95. The molecule has 2 aromatic heterocycles. The van der Waals surface area contributed by atoms with Crippen LogP contribution in [-0.2, 0) is 4.79 Å². The first-order valence-corrected chi connectivity index (χ1v) is 11.5. The number of carbonyl (C=O) groups is 1. The topological polar surface area (TPSA) is 113 Å². The number of carbonyl (C=O) groups excluding carboxylic acids is 1. The predicted octanol–water partition coefficient (Wildman–Crippen LogP) is 4.20. The molecule has 178 valence electrons. The molecule has 0 saturated carbocycles. The van der Waals surface area contributed by atoms with Crippen molar-refractivity contribution < 1.29 is 4.79 Å². The van der Waals surface area contributed by atoms with Gasteiger partial charge in [0.15, 0.2) is 0 Å². The number of aldehydes is 1. The second-order valence-electron chi connectivity index (χ2n) is 8.01. The number of nitrogens with one attached hydrogen (secondary N) is 2. The highest BCUT2D eigenvalue weighted by Crippen LogP contribution is 2.26. The Morgan fingerprint density at radius 3 is 2.67 bits per heavy atom. The Bertz CT molecular complexity index is 1580. The maximum absolute atomic E-state index is 14.0. The minimum absolute atomic E-state index is 0.207. The smallest absolute Gasteiger partial charge is 0.264 e. The van der Waals surface area contributed by atoms with Gasteiger partial charge in [0, 0.05) is 36.8 Å². The minimum atomic E-state index is -0.392. The Balaban J connectivity index is 1.90. The van der Waals surface area contributed by atoms with Crippen LogP contribution in [0.5, 0.6) is 0 Å². The van der Waals surface area contributed by atoms with Crippen LogP contribution in [0.25, 0.3) is 16.5 Å². The highest BCUT2D eigenvalue weighted by Gasteiger charge is 2.19. The summed E-state index contributed by atoms with van der Waals surface area (Å²) in [5.41, 5.74) is 2.10. The summed E-state index contributed by atoms with van der Waals surface area (Å²) < 4.78 is 1.66. The predicted molar refractivity (Wildman–Crippen MR) is 140 cm³/mol. The van der Waals surface area contributed by atoms with Gasteiger partial charge < -0.3 is 15.4 Å². The van der Waals surface area contributed by atoms with E-state index in [0.29, 0.717) is 52.5 Å². The summed E-state index contributed by atoms with van der Waals surface area (Å²) in [4.78, 5) is 33.1. The van der Waals surface area contributed by atoms with Crippen LogP contribution in [0.1, 0.15) is 42.6 Å². The van der Waals surface area contributed by atoms with E-state index in [4.69, 9.17) is 0 Å². The fourth-order valence-corrected chi connectivity index (χ4v) is 3.91. The van der Waals surface area contributed by atoms with Gasteiger partial charge in [-0.15, -0.1) is 0 Å². The van der Waals surface area contributed by atoms with Gasteiger partial charge in [0.1, 0.15) is 23.7 Å². The summed E-state index contributed by atoms with van der Waals surface area (Å²) in [6.45, 7) is 1.91. The highest BCUT2D eigenvalue weighted by molar-refractivity contribution is 5.88. The Labute approximate surface area is 208 Å². The molecule has 36 heavy (non-hydrogen) atoms. The minimum Gasteiger partial charge on any atom is -0.361 e. The summed E-state index contributed by atoms with van der Waals surface area (Å²) in [6, 6.07) is 18.6. The molecule has 2 N–H and O–H groups in total. The normalized spacial score (nSPS) is 11.1. The van der Waals surface area contributed by atoms with Crippen molar-refractivity contribution in [3.8, 4) is 23.6 Å². The van der Waals surface area contributed by atoms with E-state index in [1.54, 1.807) is 11.6 Å². The number of benzene rings is 2. The van der Waals surface area contributed by atoms with Crippen molar-refractivity contribution in [3.05, 3.63) is 88.0 Å². The summed E-state index contributed by atoms with van der Waals surface area (Å²) in [5, 5.41) is 17.0. The number of unbranched alkanes of at least 4 members (excludes halogenated alkanes) is 1. The lowest BCUT2D eigenvalue weighted by atomic mass is 10.0. The third kappa shape index (κ3) is 4.94. The van der Waals surface area contributed by atoms with Crippen LogP contribution >= 0.6 is 0 Å². The summed E-state index contributed by atoms with van der Waals surface area (Å²) in [7, 11) is 1.70. The maximum atomic E-state index is 14.0. The molecular formula is C28H24N6O2. The summed E-state index contributed by atoms with van der Waals surface area (Å²) in [6.07, 6.45) is 3.06. The van der Waals surface area contributed by atoms with Crippen LogP contribution in [0, 0.1) is 23.2 Å². The SMILES string of the molecule is CNc1ncc(C#N)c(N[C@@H](C)c2cc3cccc(C#CCCC=O)c3c(=O)n2-c2ccccc2)n1. The van der Waals surface area contributed by atoms with Crippen molar-refractivity contribution in [3.63, 3.8) is 0 Å². The van der Waals surface area contributed by atoms with Gasteiger partial charge in [-0.1, -0.05) is 42.2 Å². The number of aromatic nitrogens is 3. The van der Waals surface area contributed by atoms with Crippen LogP contribution in [0.3, 0.4) is 0 Å². The molecule has 4 rings (SSSR count). The van der Waals surface area contributed by atoms with Gasteiger partial charge in [-0.2, -0.15) is 10.2 Å². The lowest BCUT2D eigenvalue weighted by Gasteiger charge is -2.22. The average molecular weight is 477 g/mol. The van der Waals surface area contributed by atoms with Gasteiger partial charge in [0.05, 0.1) is 17.6 Å². The van der Waals surface area contributed by atoms with E-state index in [2.05, 4.69) is 38.5 Å². The number of anilines is 2. The van der Waals surface area contributed by atoms with Gasteiger partial charge in [0.25, 0.3) is 5.56 Å². The zero-order valence-electron chi connectivity index (χ0n) is 19.9. The zero-order valence-corrected chi connectivity index (χ0v) is 19.9. The van der Waals surface area contributed by atoms with Crippen LogP contribution in [-0.4, -0.2) is 27.9 Å². The van der Waals surface area contributed by atoms with E-state index >= 15 is 0 Å². The summed E-state index contributed by atoms with van der Waals surface area (Å²) in [5.74, 6) is 6.79. The van der Waals surface area contributed by atoms with E-state index in [-0.39, 0.29) is 5.56 Å². The van der Waals surface area contributed by atoms with E-state index in [1.165, 1.54) is 6.20 Å². The molecule has 1 atom stereocenters. The van der Waals surface area contributed by atoms with Gasteiger partial charge >= 0.3 is 0 Å². The van der Waals surface area contributed by atoms with Crippen molar-refractivity contribution in [1.82, 2.24) is 14.5 Å². The van der Waals surface area contributed by atoms with Crippen molar-refractivity contribution in [2.45, 2.75) is 25.8 Å². The molecule has 0 radical (unpaired) electrons. The number of pyridine rings is 1. The van der Waals surface area contributed by atoms with Crippen molar-refractivity contribution in [2.75, 3.05) is 17.7 Å². The van der Waals surface area contributed by atoms with E-state index < -0.39 is 6.04 Å². The molecule has 0 unspecified atom stereocenters. The largest absolute Gasteiger partial charge is 0.361 e. The highest BCUT2D eigenvalue weighted by atomic mass is 16.1. The fourth-order valence-electron chi connectivity index (χ4n) is 3.91. The quantitative estimate of drug-likeness (QED) is 0.234. The average Bonchev–Trinajstić information content (AvgIpc) is 2.91. The van der Waals surface area contributed by atoms with Crippen molar-refractivity contribution >= 4 is 28.8 Å². The second kappa shape index (κ2) is 11.0. The third-order valence-electron chi connectivity index (χ3n) is 5.63. The maximum Gasteiger partial charge on any atom is 0.264 e. The van der Waals surface area contributed by atoms with Gasteiger partial charge in [-0.25, -0.2) is 4.98 Å². The lowest BCUT2D eigenvalue weighted by Crippen LogP contribution is -2.26. The van der Waals surface area contributed by atoms with Crippen molar-refractivity contribution in [2.24, 2.45) is 0 Å². The van der Waals surface area contributed by atoms with Crippen molar-refractivity contribution in [1.29, 1.82) is 5.26 Å². The molecule has 0 fully saturated rings. The molecular weight excluding hydrogens is 452 g/mol. The number of hydrogen-bond donors (Lipinski definition) is 2. The van der Waals surface area contributed by atoms with Gasteiger partial charge in [-0.05, 0) is 36.6 Å². The monoisotopic (exact) mass is 476 g/mol. The first kappa shape index (κ1) is 24.2. The summed E-state index contributed by atoms with van der Waals surface area (Å²) >= 11 is 0. The zero-order chi connectivity index (χ0) is 25.5. The number of nitrogens with zero attached hydrogens (tertiary/aromatic N) is 4. The molecule has 0 aliphatic rings. The molecule has 0 aliphatic carbocycles. The van der Waals surface area contributed by atoms with Crippen LogP contribution in [0.4, 0.5) is 11.8 Å². The van der Waals surface area contributed by atoms with E-state index in [0.717, 1.165) is 11.7 Å². The molecule has 0 amide bonds. The molecule has 0 spiro atoms. The Morgan fingerprint density at radius 1 is 1.14 bits per heavy atom. The van der Waals surface area contributed by atoms with Gasteiger partial charge in [0.2, 0.25) is 5.95 Å². The Morgan fingerprint density at radius 2 is 1.94 bits per heavy atom. The van der Waals surface area contributed by atoms with E-state index in [1.807, 2.05) is 61.5 Å². The molecule has 2 heterocycles. The second-order valence-corrected chi connectivity index (χ2v) is 8.01. The number of rotatable bonds is 7. The standard InChI is InChI=1S/C28H24N6O2/c1-19(32-26-22(17-29)18-31-28(30-2)33-26)24-16-21-12-9-11-20(10-5-4-8-15-35)25(21)27(36)34(24)23-13-6-3-7-14-23/h3,6-7,9,11-16,18-19H,4,8H2,1-2H3,(H2,30,31,32,33)/t19-/m0/s1. The molecule has 2 aromatic carbocycles. The lowest BCUT2D eigenvalue weighted by molar-refractivity contribution is -0.107. The fraction of sp³-hybridized carbons (Fsp3) is 0.179. The third-order valence-corrected chi connectivity index (χ3v) is 5.63. The number of para-hydroxylation sites is 1. The van der Waals surface area contributed by atoms with Crippen LogP contribution in [0.15, 0.2) is 65.6 Å². The first-order chi connectivity index (χ1) is 17.6.